The smallest absolute Gasteiger partial charge is 0.347 e. The van der Waals surface area contributed by atoms with Crippen molar-refractivity contribution in [2.75, 3.05) is 13.2 Å². The Bertz CT molecular complexity index is 344. The standard InChI is InChI=1S/C11H18N2O5/c1-3-17-11(16)7(2)18-9(14)6-13-5-4-8(12)10(13)15/h4-5,7-8,10,15H,3,6,12H2,1-2H3. The van der Waals surface area contributed by atoms with E-state index in [1.807, 2.05) is 0 Å². The van der Waals surface area contributed by atoms with Crippen molar-refractivity contribution in [1.29, 1.82) is 0 Å². The maximum atomic E-state index is 11.5. The lowest BCUT2D eigenvalue weighted by Gasteiger charge is -2.22. The van der Waals surface area contributed by atoms with Gasteiger partial charge in [0.05, 0.1) is 12.6 Å². The highest BCUT2D eigenvalue weighted by Gasteiger charge is 2.27. The van der Waals surface area contributed by atoms with E-state index in [1.165, 1.54) is 18.0 Å². The van der Waals surface area contributed by atoms with Crippen LogP contribution in [0.2, 0.25) is 0 Å². The van der Waals surface area contributed by atoms with Crippen LogP contribution in [0.25, 0.3) is 0 Å². The summed E-state index contributed by atoms with van der Waals surface area (Å²) in [4.78, 5) is 24.1. The number of hydrogen-bond acceptors (Lipinski definition) is 7. The minimum absolute atomic E-state index is 0.172. The van der Waals surface area contributed by atoms with Crippen molar-refractivity contribution in [3.05, 3.63) is 12.3 Å². The molecule has 0 aliphatic carbocycles. The van der Waals surface area contributed by atoms with E-state index < -0.39 is 30.3 Å². The van der Waals surface area contributed by atoms with E-state index in [-0.39, 0.29) is 13.2 Å². The Morgan fingerprint density at radius 1 is 1.56 bits per heavy atom. The predicted octanol–water partition coefficient (Wildman–Crippen LogP) is -1.04. The summed E-state index contributed by atoms with van der Waals surface area (Å²) in [6.45, 7) is 3.15. The molecule has 0 aromatic rings. The van der Waals surface area contributed by atoms with E-state index >= 15 is 0 Å². The van der Waals surface area contributed by atoms with Gasteiger partial charge in [-0.25, -0.2) is 4.79 Å². The van der Waals surface area contributed by atoms with Crippen LogP contribution in [-0.4, -0.2) is 53.5 Å². The molecule has 1 heterocycles. The molecule has 3 atom stereocenters. The summed E-state index contributed by atoms with van der Waals surface area (Å²) in [6, 6.07) is -0.528. The lowest BCUT2D eigenvalue weighted by molar-refractivity contribution is -0.167. The quantitative estimate of drug-likeness (QED) is 0.607. The highest BCUT2D eigenvalue weighted by molar-refractivity contribution is 5.79. The third-order valence-electron chi connectivity index (χ3n) is 2.42. The third-order valence-corrected chi connectivity index (χ3v) is 2.42. The first-order chi connectivity index (χ1) is 8.45. The minimum atomic E-state index is -0.963. The fourth-order valence-corrected chi connectivity index (χ4v) is 1.46. The number of nitrogens with zero attached hydrogens (tertiary/aromatic N) is 1. The molecule has 18 heavy (non-hydrogen) atoms. The predicted molar refractivity (Wildman–Crippen MR) is 62.0 cm³/mol. The molecule has 0 fully saturated rings. The fraction of sp³-hybridized carbons (Fsp3) is 0.636. The number of esters is 2. The molecule has 7 nitrogen and oxygen atoms in total. The van der Waals surface area contributed by atoms with Crippen LogP contribution in [0.4, 0.5) is 0 Å². The van der Waals surface area contributed by atoms with Crippen LogP contribution in [0.5, 0.6) is 0 Å². The van der Waals surface area contributed by atoms with Gasteiger partial charge in [0, 0.05) is 0 Å². The summed E-state index contributed by atoms with van der Waals surface area (Å²) in [5, 5.41) is 9.57. The zero-order chi connectivity index (χ0) is 13.7. The number of ether oxygens (including phenoxy) is 2. The molecule has 1 aliphatic heterocycles. The zero-order valence-electron chi connectivity index (χ0n) is 10.4. The Morgan fingerprint density at radius 2 is 2.22 bits per heavy atom. The van der Waals surface area contributed by atoms with E-state index in [9.17, 15) is 14.7 Å². The summed E-state index contributed by atoms with van der Waals surface area (Å²) in [5.41, 5.74) is 5.53. The van der Waals surface area contributed by atoms with Crippen molar-refractivity contribution >= 4 is 11.9 Å². The first kappa shape index (κ1) is 14.5. The lowest BCUT2D eigenvalue weighted by atomic mass is 10.3. The average Bonchev–Trinajstić information content (AvgIpc) is 2.61. The molecule has 0 radical (unpaired) electrons. The fourth-order valence-electron chi connectivity index (χ4n) is 1.46. The van der Waals surface area contributed by atoms with Crippen LogP contribution < -0.4 is 5.73 Å². The number of nitrogens with two attached hydrogens (primary N) is 1. The molecule has 7 heteroatoms. The van der Waals surface area contributed by atoms with Crippen LogP contribution in [-0.2, 0) is 19.1 Å². The average molecular weight is 258 g/mol. The summed E-state index contributed by atoms with van der Waals surface area (Å²) in [7, 11) is 0. The molecule has 1 aliphatic rings. The number of hydrogen-bond donors (Lipinski definition) is 2. The normalized spacial score (nSPS) is 23.9. The van der Waals surface area contributed by atoms with E-state index in [2.05, 4.69) is 0 Å². The first-order valence-electron chi connectivity index (χ1n) is 5.69. The Hall–Kier alpha value is -1.60. The summed E-state index contributed by atoms with van der Waals surface area (Å²) >= 11 is 0. The van der Waals surface area contributed by atoms with Gasteiger partial charge in [0.25, 0.3) is 0 Å². The molecule has 0 aromatic carbocycles. The van der Waals surface area contributed by atoms with E-state index in [0.29, 0.717) is 0 Å². The second-order valence-electron chi connectivity index (χ2n) is 3.89. The monoisotopic (exact) mass is 258 g/mol. The van der Waals surface area contributed by atoms with Crippen molar-refractivity contribution in [2.24, 2.45) is 5.73 Å². The molecule has 0 aromatic heterocycles. The molecule has 0 saturated heterocycles. The zero-order valence-corrected chi connectivity index (χ0v) is 10.4. The number of carbonyl (C=O) groups excluding carboxylic acids is 2. The molecular formula is C11H18N2O5. The molecule has 0 saturated carbocycles. The van der Waals surface area contributed by atoms with Gasteiger partial charge in [0.15, 0.2) is 6.10 Å². The topological polar surface area (TPSA) is 102 Å². The van der Waals surface area contributed by atoms with Gasteiger partial charge in [0.2, 0.25) is 0 Å². The van der Waals surface area contributed by atoms with Gasteiger partial charge in [0.1, 0.15) is 12.8 Å². The van der Waals surface area contributed by atoms with Crippen molar-refractivity contribution in [3.8, 4) is 0 Å². The highest BCUT2D eigenvalue weighted by Crippen LogP contribution is 2.10. The molecular weight excluding hydrogens is 240 g/mol. The Balaban J connectivity index is 2.38. The first-order valence-corrected chi connectivity index (χ1v) is 5.69. The second-order valence-corrected chi connectivity index (χ2v) is 3.89. The summed E-state index contributed by atoms with van der Waals surface area (Å²) < 4.78 is 9.57. The van der Waals surface area contributed by atoms with E-state index in [1.54, 1.807) is 13.0 Å². The van der Waals surface area contributed by atoms with Crippen LogP contribution in [0.3, 0.4) is 0 Å². The molecule has 102 valence electrons. The Kier molecular flexibility index (Phi) is 5.11. The molecule has 0 bridgehead atoms. The van der Waals surface area contributed by atoms with Crippen molar-refractivity contribution < 1.29 is 24.2 Å². The number of aliphatic hydroxyl groups is 1. The van der Waals surface area contributed by atoms with E-state index in [0.717, 1.165) is 0 Å². The van der Waals surface area contributed by atoms with Crippen LogP contribution in [0.15, 0.2) is 12.3 Å². The Morgan fingerprint density at radius 3 is 2.72 bits per heavy atom. The lowest BCUT2D eigenvalue weighted by Crippen LogP contribution is -2.42. The van der Waals surface area contributed by atoms with Gasteiger partial charge in [-0.05, 0) is 26.1 Å². The number of rotatable bonds is 5. The SMILES string of the molecule is CCOC(=O)C(C)OC(=O)CN1C=CC(N)C1O. The van der Waals surface area contributed by atoms with Gasteiger partial charge in [-0.15, -0.1) is 0 Å². The van der Waals surface area contributed by atoms with Gasteiger partial charge >= 0.3 is 11.9 Å². The molecule has 3 unspecified atom stereocenters. The van der Waals surface area contributed by atoms with Gasteiger partial charge < -0.3 is 25.2 Å². The molecule has 1 rings (SSSR count). The van der Waals surface area contributed by atoms with E-state index in [4.69, 9.17) is 15.2 Å². The minimum Gasteiger partial charge on any atom is -0.463 e. The van der Waals surface area contributed by atoms with Crippen molar-refractivity contribution in [3.63, 3.8) is 0 Å². The summed E-state index contributed by atoms with van der Waals surface area (Å²) in [5.74, 6) is -1.23. The largest absolute Gasteiger partial charge is 0.463 e. The molecule has 0 amide bonds. The highest BCUT2D eigenvalue weighted by atomic mass is 16.6. The van der Waals surface area contributed by atoms with Gasteiger partial charge in [-0.1, -0.05) is 0 Å². The maximum absolute atomic E-state index is 11.5. The Labute approximate surface area is 105 Å². The van der Waals surface area contributed by atoms with Crippen molar-refractivity contribution in [1.82, 2.24) is 4.90 Å². The third kappa shape index (κ3) is 3.71. The number of carbonyl (C=O) groups is 2. The van der Waals surface area contributed by atoms with Crippen LogP contribution in [0, 0.1) is 0 Å². The maximum Gasteiger partial charge on any atom is 0.347 e. The summed E-state index contributed by atoms with van der Waals surface area (Å²) in [6.07, 6.45) is 1.18. The van der Waals surface area contributed by atoms with Crippen LogP contribution in [0.1, 0.15) is 13.8 Å². The van der Waals surface area contributed by atoms with Crippen molar-refractivity contribution in [2.45, 2.75) is 32.2 Å². The van der Waals surface area contributed by atoms with Crippen LogP contribution >= 0.6 is 0 Å². The van der Waals surface area contributed by atoms with Gasteiger partial charge in [-0.3, -0.25) is 4.79 Å². The number of aliphatic hydroxyl groups excluding tert-OH is 1. The second kappa shape index (κ2) is 6.36. The molecule has 3 N–H and O–H groups in total. The molecule has 0 spiro atoms. The van der Waals surface area contributed by atoms with Gasteiger partial charge in [-0.2, -0.15) is 0 Å².